The van der Waals surface area contributed by atoms with Crippen LogP contribution in [0.5, 0.6) is 5.75 Å². The van der Waals surface area contributed by atoms with Crippen LogP contribution in [0, 0.1) is 0 Å². The number of carbonyl (C=O) groups is 1. The Morgan fingerprint density at radius 2 is 2.00 bits per heavy atom. The summed E-state index contributed by atoms with van der Waals surface area (Å²) in [7, 11) is 1.42. The fourth-order valence-electron chi connectivity index (χ4n) is 2.19. The number of ether oxygens (including phenoxy) is 2. The van der Waals surface area contributed by atoms with Gasteiger partial charge in [0.05, 0.1) is 13.7 Å². The number of aryl methyl sites for hydroxylation is 1. The van der Waals surface area contributed by atoms with Crippen molar-refractivity contribution < 1.29 is 14.3 Å². The third-order valence-electron chi connectivity index (χ3n) is 3.61. The molecule has 0 aliphatic heterocycles. The van der Waals surface area contributed by atoms with Gasteiger partial charge >= 0.3 is 5.97 Å². The average molecular weight is 293 g/mol. The van der Waals surface area contributed by atoms with E-state index in [1.54, 1.807) is 0 Å². The topological polar surface area (TPSA) is 47.6 Å². The molecule has 21 heavy (non-hydrogen) atoms. The molecule has 118 valence electrons. The first-order chi connectivity index (χ1) is 10.1. The van der Waals surface area contributed by atoms with Gasteiger partial charge in [0, 0.05) is 6.42 Å². The van der Waals surface area contributed by atoms with Gasteiger partial charge in [-0.2, -0.15) is 0 Å². The fourth-order valence-corrected chi connectivity index (χ4v) is 2.19. The number of benzene rings is 1. The molecule has 0 saturated carbocycles. The van der Waals surface area contributed by atoms with Crippen molar-refractivity contribution in [3.8, 4) is 5.75 Å². The van der Waals surface area contributed by atoms with Crippen LogP contribution < -0.4 is 10.1 Å². The molecule has 0 amide bonds. The van der Waals surface area contributed by atoms with E-state index < -0.39 is 5.54 Å². The van der Waals surface area contributed by atoms with Crippen molar-refractivity contribution in [1.82, 2.24) is 5.32 Å². The molecule has 4 heteroatoms. The minimum Gasteiger partial charge on any atom is -0.493 e. The summed E-state index contributed by atoms with van der Waals surface area (Å²) in [5, 5.41) is 3.26. The molecular weight excluding hydrogens is 266 g/mol. The molecule has 1 aromatic rings. The zero-order valence-electron chi connectivity index (χ0n) is 13.6. The fraction of sp³-hybridized carbons (Fsp3) is 0.588. The van der Waals surface area contributed by atoms with Gasteiger partial charge in [-0.05, 0) is 37.9 Å². The van der Waals surface area contributed by atoms with Crippen LogP contribution in [0.4, 0.5) is 0 Å². The number of hydrogen-bond donors (Lipinski definition) is 1. The van der Waals surface area contributed by atoms with Crippen molar-refractivity contribution in [1.29, 1.82) is 0 Å². The van der Waals surface area contributed by atoms with Crippen LogP contribution in [0.2, 0.25) is 0 Å². The maximum absolute atomic E-state index is 12.0. The molecular formula is C17H27NO3. The van der Waals surface area contributed by atoms with E-state index in [0.29, 0.717) is 13.0 Å². The van der Waals surface area contributed by atoms with E-state index in [1.165, 1.54) is 12.7 Å². The Labute approximate surface area is 127 Å². The second-order valence-electron chi connectivity index (χ2n) is 5.31. The number of nitrogens with one attached hydrogen (secondary N) is 1. The third kappa shape index (κ3) is 5.05. The molecule has 0 fully saturated rings. The predicted octanol–water partition coefficient (Wildman–Crippen LogP) is 2.95. The van der Waals surface area contributed by atoms with Crippen molar-refractivity contribution in [3.05, 3.63) is 29.8 Å². The van der Waals surface area contributed by atoms with E-state index in [2.05, 4.69) is 25.2 Å². The maximum atomic E-state index is 12.0. The second kappa shape index (κ2) is 8.67. The molecule has 0 spiro atoms. The van der Waals surface area contributed by atoms with Crippen molar-refractivity contribution in [2.45, 2.75) is 45.6 Å². The van der Waals surface area contributed by atoms with E-state index >= 15 is 0 Å². The highest BCUT2D eigenvalue weighted by molar-refractivity contribution is 5.80. The minimum atomic E-state index is -0.702. The highest BCUT2D eigenvalue weighted by atomic mass is 16.5. The van der Waals surface area contributed by atoms with E-state index in [0.717, 1.165) is 25.1 Å². The van der Waals surface area contributed by atoms with Gasteiger partial charge in [0.25, 0.3) is 0 Å². The highest BCUT2D eigenvalue weighted by Gasteiger charge is 2.33. The lowest BCUT2D eigenvalue weighted by Gasteiger charge is -2.28. The Hall–Kier alpha value is -1.55. The summed E-state index contributed by atoms with van der Waals surface area (Å²) in [5.74, 6) is 0.644. The van der Waals surface area contributed by atoms with E-state index in [-0.39, 0.29) is 5.97 Å². The number of para-hydroxylation sites is 1. The third-order valence-corrected chi connectivity index (χ3v) is 3.61. The van der Waals surface area contributed by atoms with Crippen LogP contribution >= 0.6 is 0 Å². The maximum Gasteiger partial charge on any atom is 0.325 e. The second-order valence-corrected chi connectivity index (χ2v) is 5.31. The average Bonchev–Trinajstić information content (AvgIpc) is 2.52. The Morgan fingerprint density at radius 1 is 1.29 bits per heavy atom. The van der Waals surface area contributed by atoms with Crippen molar-refractivity contribution in [2.24, 2.45) is 0 Å². The summed E-state index contributed by atoms with van der Waals surface area (Å²) >= 11 is 0. The number of hydrogen-bond acceptors (Lipinski definition) is 4. The molecule has 1 unspecified atom stereocenters. The summed E-state index contributed by atoms with van der Waals surface area (Å²) in [5.41, 5.74) is 0.477. The molecule has 0 radical (unpaired) electrons. The van der Waals surface area contributed by atoms with Gasteiger partial charge in [-0.25, -0.2) is 0 Å². The number of rotatable bonds is 9. The quantitative estimate of drug-likeness (QED) is 0.711. The largest absolute Gasteiger partial charge is 0.493 e. The SMILES string of the molecule is CCCNC(C)(CCOc1ccccc1CC)C(=O)OC. The van der Waals surface area contributed by atoms with Crippen molar-refractivity contribution >= 4 is 5.97 Å². The lowest BCUT2D eigenvalue weighted by molar-refractivity contribution is -0.148. The van der Waals surface area contributed by atoms with Crippen molar-refractivity contribution in [2.75, 3.05) is 20.3 Å². The normalized spacial score (nSPS) is 13.5. The standard InChI is InChI=1S/C17H27NO3/c1-5-12-18-17(3,16(19)20-4)11-13-21-15-10-8-7-9-14(15)6-2/h7-10,18H,5-6,11-13H2,1-4H3. The molecule has 0 bridgehead atoms. The van der Waals surface area contributed by atoms with E-state index in [1.807, 2.05) is 25.1 Å². The van der Waals surface area contributed by atoms with Crippen LogP contribution in [0.15, 0.2) is 24.3 Å². The van der Waals surface area contributed by atoms with Crippen LogP contribution in [0.3, 0.4) is 0 Å². The zero-order valence-corrected chi connectivity index (χ0v) is 13.6. The van der Waals surface area contributed by atoms with Gasteiger partial charge in [0.15, 0.2) is 0 Å². The van der Waals surface area contributed by atoms with Gasteiger partial charge in [-0.1, -0.05) is 32.0 Å². The Balaban J connectivity index is 2.63. The molecule has 4 nitrogen and oxygen atoms in total. The smallest absolute Gasteiger partial charge is 0.325 e. The van der Waals surface area contributed by atoms with Gasteiger partial charge in [-0.3, -0.25) is 4.79 Å². The molecule has 1 aromatic carbocycles. The summed E-state index contributed by atoms with van der Waals surface area (Å²) in [4.78, 5) is 12.0. The van der Waals surface area contributed by atoms with Crippen LogP contribution in [0.25, 0.3) is 0 Å². The number of methoxy groups -OCH3 is 1. The zero-order chi connectivity index (χ0) is 15.7. The monoisotopic (exact) mass is 293 g/mol. The summed E-state index contributed by atoms with van der Waals surface area (Å²) in [6, 6.07) is 7.99. The van der Waals surface area contributed by atoms with Crippen LogP contribution in [-0.4, -0.2) is 31.8 Å². The summed E-state index contributed by atoms with van der Waals surface area (Å²) in [6.07, 6.45) is 2.46. The predicted molar refractivity (Wildman–Crippen MR) is 84.6 cm³/mol. The minimum absolute atomic E-state index is 0.247. The lowest BCUT2D eigenvalue weighted by atomic mass is 9.98. The molecule has 1 atom stereocenters. The van der Waals surface area contributed by atoms with Gasteiger partial charge in [-0.15, -0.1) is 0 Å². The van der Waals surface area contributed by atoms with E-state index in [4.69, 9.17) is 9.47 Å². The first kappa shape index (κ1) is 17.5. The Morgan fingerprint density at radius 3 is 2.62 bits per heavy atom. The number of carbonyl (C=O) groups excluding carboxylic acids is 1. The Kier molecular flexibility index (Phi) is 7.23. The highest BCUT2D eigenvalue weighted by Crippen LogP contribution is 2.20. The van der Waals surface area contributed by atoms with E-state index in [9.17, 15) is 4.79 Å². The molecule has 0 heterocycles. The molecule has 0 aliphatic rings. The molecule has 0 aromatic heterocycles. The molecule has 1 N–H and O–H groups in total. The molecule has 0 saturated heterocycles. The van der Waals surface area contributed by atoms with Crippen LogP contribution in [0.1, 0.15) is 39.2 Å². The first-order valence-electron chi connectivity index (χ1n) is 7.61. The molecule has 1 rings (SSSR count). The first-order valence-corrected chi connectivity index (χ1v) is 7.61. The molecule has 0 aliphatic carbocycles. The summed E-state index contributed by atoms with van der Waals surface area (Å²) < 4.78 is 10.8. The Bertz CT molecular complexity index is 447. The summed E-state index contributed by atoms with van der Waals surface area (Å²) in [6.45, 7) is 7.28. The number of esters is 1. The van der Waals surface area contributed by atoms with Gasteiger partial charge in [0.2, 0.25) is 0 Å². The lowest BCUT2D eigenvalue weighted by Crippen LogP contribution is -2.51. The van der Waals surface area contributed by atoms with Gasteiger partial charge in [0.1, 0.15) is 11.3 Å². The van der Waals surface area contributed by atoms with Crippen molar-refractivity contribution in [3.63, 3.8) is 0 Å². The van der Waals surface area contributed by atoms with Gasteiger partial charge < -0.3 is 14.8 Å². The van der Waals surface area contributed by atoms with Crippen LogP contribution in [-0.2, 0) is 16.0 Å².